The van der Waals surface area contributed by atoms with Crippen molar-refractivity contribution in [1.29, 1.82) is 0 Å². The minimum absolute atomic E-state index is 0.0991. The Morgan fingerprint density at radius 1 is 1.12 bits per heavy atom. The fraction of sp³-hybridized carbons (Fsp3) is 0.143. The number of amides is 1. The van der Waals surface area contributed by atoms with E-state index in [0.717, 1.165) is 22.2 Å². The third-order valence-corrected chi connectivity index (χ3v) is 4.28. The molecule has 0 fully saturated rings. The highest BCUT2D eigenvalue weighted by molar-refractivity contribution is 5.80. The quantitative estimate of drug-likeness (QED) is 0.601. The first-order chi connectivity index (χ1) is 12.7. The Bertz CT molecular complexity index is 1000. The van der Waals surface area contributed by atoms with Crippen LogP contribution in [0.3, 0.4) is 0 Å². The minimum Gasteiger partial charge on any atom is -0.459 e. The fourth-order valence-corrected chi connectivity index (χ4v) is 3.04. The number of hydrogen-bond acceptors (Lipinski definition) is 3. The lowest BCUT2D eigenvalue weighted by Gasteiger charge is -2.17. The van der Waals surface area contributed by atoms with Crippen molar-refractivity contribution in [3.8, 4) is 0 Å². The van der Waals surface area contributed by atoms with Gasteiger partial charge in [-0.25, -0.2) is 0 Å². The van der Waals surface area contributed by atoms with Crippen molar-refractivity contribution in [2.75, 3.05) is 0 Å². The lowest BCUT2D eigenvalue weighted by Crippen LogP contribution is -2.30. The topological polar surface area (TPSA) is 60.1 Å². The molecule has 0 spiro atoms. The van der Waals surface area contributed by atoms with Gasteiger partial charge in [-0.15, -0.1) is 0 Å². The number of para-hydroxylation sites is 1. The Morgan fingerprint density at radius 2 is 1.88 bits per heavy atom. The first-order valence-corrected chi connectivity index (χ1v) is 8.50. The molecule has 26 heavy (non-hydrogen) atoms. The van der Waals surface area contributed by atoms with Gasteiger partial charge in [0.05, 0.1) is 12.1 Å². The first kappa shape index (κ1) is 16.1. The van der Waals surface area contributed by atoms with Crippen LogP contribution in [0, 0.1) is 0 Å². The second-order valence-corrected chi connectivity index (χ2v) is 6.26. The Morgan fingerprint density at radius 3 is 2.62 bits per heavy atom. The SMILES string of the molecule is Cn1ccc(CC(=O)NC(c2ccccc2)c2cc3ccccc3o2)n1. The van der Waals surface area contributed by atoms with E-state index >= 15 is 0 Å². The van der Waals surface area contributed by atoms with Crippen LogP contribution in [-0.2, 0) is 18.3 Å². The van der Waals surface area contributed by atoms with E-state index in [1.165, 1.54) is 0 Å². The van der Waals surface area contributed by atoms with Crippen molar-refractivity contribution < 1.29 is 9.21 Å². The summed E-state index contributed by atoms with van der Waals surface area (Å²) in [5, 5.41) is 8.37. The summed E-state index contributed by atoms with van der Waals surface area (Å²) in [4.78, 5) is 12.6. The zero-order valence-corrected chi connectivity index (χ0v) is 14.4. The van der Waals surface area contributed by atoms with Crippen LogP contribution in [0.15, 0.2) is 77.3 Å². The minimum atomic E-state index is -0.347. The number of aromatic nitrogens is 2. The summed E-state index contributed by atoms with van der Waals surface area (Å²) < 4.78 is 7.70. The van der Waals surface area contributed by atoms with Gasteiger partial charge in [0.25, 0.3) is 0 Å². The Labute approximate surface area is 151 Å². The molecular weight excluding hydrogens is 326 g/mol. The molecule has 0 aliphatic rings. The van der Waals surface area contributed by atoms with Crippen LogP contribution in [0.25, 0.3) is 11.0 Å². The second kappa shape index (κ2) is 6.88. The molecule has 1 unspecified atom stereocenters. The summed E-state index contributed by atoms with van der Waals surface area (Å²) in [5.41, 5.74) is 2.52. The lowest BCUT2D eigenvalue weighted by atomic mass is 10.0. The van der Waals surface area contributed by atoms with Crippen LogP contribution in [0.1, 0.15) is 23.1 Å². The number of nitrogens with one attached hydrogen (secondary N) is 1. The summed E-state index contributed by atoms with van der Waals surface area (Å²) in [7, 11) is 1.84. The van der Waals surface area contributed by atoms with Crippen LogP contribution in [0.5, 0.6) is 0 Å². The van der Waals surface area contributed by atoms with Gasteiger partial charge in [-0.2, -0.15) is 5.10 Å². The number of rotatable bonds is 5. The van der Waals surface area contributed by atoms with Crippen LogP contribution in [0.2, 0.25) is 0 Å². The van der Waals surface area contributed by atoms with E-state index in [2.05, 4.69) is 10.4 Å². The average molecular weight is 345 g/mol. The summed E-state index contributed by atoms with van der Waals surface area (Å²) in [6, 6.07) is 21.1. The van der Waals surface area contributed by atoms with E-state index in [1.54, 1.807) is 4.68 Å². The van der Waals surface area contributed by atoms with Crippen molar-refractivity contribution in [3.05, 3.63) is 89.9 Å². The summed E-state index contributed by atoms with van der Waals surface area (Å²) in [5.74, 6) is 0.616. The third kappa shape index (κ3) is 3.37. The van der Waals surface area contributed by atoms with Crippen LogP contribution in [0.4, 0.5) is 0 Å². The van der Waals surface area contributed by atoms with E-state index in [0.29, 0.717) is 5.76 Å². The number of carbonyl (C=O) groups excluding carboxylic acids is 1. The number of fused-ring (bicyclic) bond motifs is 1. The molecule has 0 aliphatic carbocycles. The van der Waals surface area contributed by atoms with Gasteiger partial charge in [0, 0.05) is 18.6 Å². The van der Waals surface area contributed by atoms with Gasteiger partial charge in [-0.05, 0) is 23.8 Å². The van der Waals surface area contributed by atoms with Crippen molar-refractivity contribution in [2.24, 2.45) is 7.05 Å². The summed E-state index contributed by atoms with van der Waals surface area (Å²) in [6.07, 6.45) is 2.06. The molecule has 1 amide bonds. The summed E-state index contributed by atoms with van der Waals surface area (Å²) >= 11 is 0. The number of furan rings is 1. The molecule has 0 saturated heterocycles. The standard InChI is InChI=1S/C21H19N3O2/c1-24-12-11-17(23-24)14-20(25)22-21(15-7-3-2-4-8-15)19-13-16-9-5-6-10-18(16)26-19/h2-13,21H,14H2,1H3,(H,22,25). The normalized spacial score (nSPS) is 12.2. The van der Waals surface area contributed by atoms with Gasteiger partial charge in [0.2, 0.25) is 5.91 Å². The van der Waals surface area contributed by atoms with Crippen LogP contribution < -0.4 is 5.32 Å². The van der Waals surface area contributed by atoms with Gasteiger partial charge in [0.1, 0.15) is 17.4 Å². The molecule has 1 N–H and O–H groups in total. The Kier molecular flexibility index (Phi) is 4.27. The maximum atomic E-state index is 12.6. The molecule has 1 atom stereocenters. The molecule has 0 saturated carbocycles. The maximum Gasteiger partial charge on any atom is 0.226 e. The first-order valence-electron chi connectivity index (χ1n) is 8.50. The van der Waals surface area contributed by atoms with Gasteiger partial charge in [-0.3, -0.25) is 9.48 Å². The Balaban J connectivity index is 1.63. The van der Waals surface area contributed by atoms with Gasteiger partial charge in [-0.1, -0.05) is 48.5 Å². The highest BCUT2D eigenvalue weighted by Crippen LogP contribution is 2.28. The third-order valence-electron chi connectivity index (χ3n) is 4.28. The highest BCUT2D eigenvalue weighted by Gasteiger charge is 2.21. The zero-order valence-electron chi connectivity index (χ0n) is 14.4. The molecule has 5 heteroatoms. The molecule has 5 nitrogen and oxygen atoms in total. The predicted molar refractivity (Wildman–Crippen MR) is 99.6 cm³/mol. The second-order valence-electron chi connectivity index (χ2n) is 6.26. The molecule has 2 aromatic heterocycles. The molecule has 0 radical (unpaired) electrons. The smallest absolute Gasteiger partial charge is 0.226 e. The number of hydrogen-bond donors (Lipinski definition) is 1. The fourth-order valence-electron chi connectivity index (χ4n) is 3.04. The average Bonchev–Trinajstić information content (AvgIpc) is 3.26. The zero-order chi connectivity index (χ0) is 17.9. The van der Waals surface area contributed by atoms with Crippen molar-refractivity contribution in [1.82, 2.24) is 15.1 Å². The lowest BCUT2D eigenvalue weighted by molar-refractivity contribution is -0.121. The molecule has 130 valence electrons. The van der Waals surface area contributed by atoms with E-state index in [-0.39, 0.29) is 18.4 Å². The van der Waals surface area contributed by atoms with Gasteiger partial charge in [0.15, 0.2) is 0 Å². The van der Waals surface area contributed by atoms with Crippen molar-refractivity contribution in [3.63, 3.8) is 0 Å². The molecule has 2 heterocycles. The van der Waals surface area contributed by atoms with E-state index in [4.69, 9.17) is 4.42 Å². The number of carbonyl (C=O) groups is 1. The molecular formula is C21H19N3O2. The molecule has 2 aromatic carbocycles. The van der Waals surface area contributed by atoms with E-state index in [9.17, 15) is 4.79 Å². The molecule has 0 aliphatic heterocycles. The van der Waals surface area contributed by atoms with E-state index in [1.807, 2.05) is 80.0 Å². The van der Waals surface area contributed by atoms with Crippen LogP contribution >= 0.6 is 0 Å². The number of aryl methyl sites for hydroxylation is 1. The predicted octanol–water partition coefficient (Wildman–Crippen LogP) is 3.61. The Hall–Kier alpha value is -3.34. The number of benzene rings is 2. The largest absolute Gasteiger partial charge is 0.459 e. The van der Waals surface area contributed by atoms with Gasteiger partial charge < -0.3 is 9.73 Å². The molecule has 4 rings (SSSR count). The monoisotopic (exact) mass is 345 g/mol. The van der Waals surface area contributed by atoms with Crippen molar-refractivity contribution in [2.45, 2.75) is 12.5 Å². The molecule has 0 bridgehead atoms. The summed E-state index contributed by atoms with van der Waals surface area (Å²) in [6.45, 7) is 0. The number of nitrogens with zero attached hydrogens (tertiary/aromatic N) is 2. The van der Waals surface area contributed by atoms with E-state index < -0.39 is 0 Å². The maximum absolute atomic E-state index is 12.6. The van der Waals surface area contributed by atoms with Crippen molar-refractivity contribution >= 4 is 16.9 Å². The molecule has 4 aromatic rings. The van der Waals surface area contributed by atoms with Crippen LogP contribution in [-0.4, -0.2) is 15.7 Å². The highest BCUT2D eigenvalue weighted by atomic mass is 16.3. The van der Waals surface area contributed by atoms with Gasteiger partial charge >= 0.3 is 0 Å².